The number of carboxylic acid groups (broad SMARTS) is 1. The summed E-state index contributed by atoms with van der Waals surface area (Å²) in [7, 11) is 0. The summed E-state index contributed by atoms with van der Waals surface area (Å²) in [6.45, 7) is 5.72. The number of thioether (sulfide) groups is 1. The van der Waals surface area contributed by atoms with Crippen molar-refractivity contribution in [2.75, 3.05) is 23.8 Å². The highest BCUT2D eigenvalue weighted by atomic mass is 32.2. The SMILES string of the molecule is CCOC(=O)[C@@H](CCC(C)C)NC1CSc2ccccc2N(CC(=O)O)C1=O. The van der Waals surface area contributed by atoms with Crippen LogP contribution in [0.3, 0.4) is 0 Å². The van der Waals surface area contributed by atoms with Gasteiger partial charge in [0.25, 0.3) is 0 Å². The number of hydrogen-bond donors (Lipinski definition) is 2. The maximum Gasteiger partial charge on any atom is 0.323 e. The summed E-state index contributed by atoms with van der Waals surface area (Å²) in [5.74, 6) is -1.00. The van der Waals surface area contributed by atoms with E-state index < -0.39 is 24.6 Å². The maximum absolute atomic E-state index is 13.1. The summed E-state index contributed by atoms with van der Waals surface area (Å²) in [4.78, 5) is 39.0. The summed E-state index contributed by atoms with van der Waals surface area (Å²) in [6.07, 6.45) is 1.36. The lowest BCUT2D eigenvalue weighted by molar-refractivity contribution is -0.146. The summed E-state index contributed by atoms with van der Waals surface area (Å²) < 4.78 is 5.17. The van der Waals surface area contributed by atoms with E-state index in [2.05, 4.69) is 19.2 Å². The van der Waals surface area contributed by atoms with Gasteiger partial charge in [-0.15, -0.1) is 11.8 Å². The molecule has 0 radical (unpaired) electrons. The van der Waals surface area contributed by atoms with Crippen LogP contribution in [0.25, 0.3) is 0 Å². The van der Waals surface area contributed by atoms with Crippen molar-refractivity contribution in [3.8, 4) is 0 Å². The van der Waals surface area contributed by atoms with E-state index in [1.807, 2.05) is 12.1 Å². The molecule has 1 unspecified atom stereocenters. The minimum Gasteiger partial charge on any atom is -0.480 e. The quantitative estimate of drug-likeness (QED) is 0.606. The molecule has 1 aliphatic rings. The van der Waals surface area contributed by atoms with E-state index >= 15 is 0 Å². The van der Waals surface area contributed by atoms with Crippen LogP contribution < -0.4 is 10.2 Å². The highest BCUT2D eigenvalue weighted by Gasteiger charge is 2.34. The number of nitrogens with one attached hydrogen (secondary N) is 1. The summed E-state index contributed by atoms with van der Waals surface area (Å²) in [6, 6.07) is 5.95. The molecule has 1 aliphatic heterocycles. The van der Waals surface area contributed by atoms with Gasteiger partial charge in [0.15, 0.2) is 0 Å². The van der Waals surface area contributed by atoms with Crippen LogP contribution in [-0.4, -0.2) is 53.9 Å². The lowest BCUT2D eigenvalue weighted by Crippen LogP contribution is -2.54. The fourth-order valence-corrected chi connectivity index (χ4v) is 4.11. The van der Waals surface area contributed by atoms with Crippen molar-refractivity contribution in [2.24, 2.45) is 5.92 Å². The zero-order chi connectivity index (χ0) is 20.7. The van der Waals surface area contributed by atoms with Crippen molar-refractivity contribution in [3.05, 3.63) is 24.3 Å². The third-order valence-corrected chi connectivity index (χ3v) is 5.58. The molecule has 0 saturated heterocycles. The predicted octanol–water partition coefficient (Wildman–Crippen LogP) is 2.54. The first kappa shape index (κ1) is 22.2. The van der Waals surface area contributed by atoms with Crippen LogP contribution >= 0.6 is 11.8 Å². The van der Waals surface area contributed by atoms with Crippen LogP contribution in [0.2, 0.25) is 0 Å². The van der Waals surface area contributed by atoms with Crippen LogP contribution in [0.15, 0.2) is 29.2 Å². The first-order chi connectivity index (χ1) is 13.3. The van der Waals surface area contributed by atoms with Crippen molar-refractivity contribution in [1.82, 2.24) is 5.32 Å². The van der Waals surface area contributed by atoms with Gasteiger partial charge in [0, 0.05) is 10.6 Å². The Morgan fingerprint density at radius 2 is 2.04 bits per heavy atom. The Morgan fingerprint density at radius 3 is 2.68 bits per heavy atom. The van der Waals surface area contributed by atoms with E-state index in [0.717, 1.165) is 11.3 Å². The van der Waals surface area contributed by atoms with Crippen LogP contribution in [0.5, 0.6) is 0 Å². The zero-order valence-corrected chi connectivity index (χ0v) is 17.3. The van der Waals surface area contributed by atoms with Crippen molar-refractivity contribution in [1.29, 1.82) is 0 Å². The van der Waals surface area contributed by atoms with E-state index in [9.17, 15) is 19.5 Å². The Balaban J connectivity index is 2.24. The molecular formula is C20H28N2O5S. The van der Waals surface area contributed by atoms with Crippen molar-refractivity contribution in [2.45, 2.75) is 50.6 Å². The third-order valence-electron chi connectivity index (χ3n) is 4.43. The molecule has 0 saturated carbocycles. The molecule has 0 fully saturated rings. The highest BCUT2D eigenvalue weighted by Crippen LogP contribution is 2.34. The molecule has 154 valence electrons. The topological polar surface area (TPSA) is 95.9 Å². The number of rotatable bonds is 9. The Hall–Kier alpha value is -2.06. The number of aliphatic carboxylic acids is 1. The van der Waals surface area contributed by atoms with E-state index in [-0.39, 0.29) is 18.5 Å². The number of carbonyl (C=O) groups is 3. The molecule has 1 aromatic carbocycles. The maximum atomic E-state index is 13.1. The average Bonchev–Trinajstić information content (AvgIpc) is 2.76. The zero-order valence-electron chi connectivity index (χ0n) is 16.5. The van der Waals surface area contributed by atoms with E-state index in [1.54, 1.807) is 19.1 Å². The molecule has 1 heterocycles. The van der Waals surface area contributed by atoms with Gasteiger partial charge in [-0.1, -0.05) is 26.0 Å². The molecular weight excluding hydrogens is 380 g/mol. The number of carboxylic acids is 1. The summed E-state index contributed by atoms with van der Waals surface area (Å²) >= 11 is 1.47. The lowest BCUT2D eigenvalue weighted by Gasteiger charge is -2.27. The third kappa shape index (κ3) is 5.97. The fraction of sp³-hybridized carbons (Fsp3) is 0.550. The number of anilines is 1. The van der Waals surface area contributed by atoms with Gasteiger partial charge in [0.1, 0.15) is 12.6 Å². The molecule has 0 spiro atoms. The van der Waals surface area contributed by atoms with Gasteiger partial charge in [-0.2, -0.15) is 0 Å². The number of esters is 1. The minimum atomic E-state index is -1.09. The minimum absolute atomic E-state index is 0.267. The first-order valence-electron chi connectivity index (χ1n) is 9.51. The second-order valence-corrected chi connectivity index (χ2v) is 8.15. The molecule has 1 aromatic rings. The normalized spacial score (nSPS) is 17.8. The molecule has 0 aliphatic carbocycles. The van der Waals surface area contributed by atoms with Crippen LogP contribution in [0.1, 0.15) is 33.6 Å². The Bertz CT molecular complexity index is 710. The molecule has 2 atom stereocenters. The number of benzene rings is 1. The molecule has 0 bridgehead atoms. The van der Waals surface area contributed by atoms with Crippen molar-refractivity contribution in [3.63, 3.8) is 0 Å². The molecule has 1 amide bonds. The number of ether oxygens (including phenoxy) is 1. The van der Waals surface area contributed by atoms with Gasteiger partial charge < -0.3 is 9.84 Å². The largest absolute Gasteiger partial charge is 0.480 e. The Morgan fingerprint density at radius 1 is 1.32 bits per heavy atom. The molecule has 2 N–H and O–H groups in total. The van der Waals surface area contributed by atoms with Crippen LogP contribution in [0, 0.1) is 5.92 Å². The van der Waals surface area contributed by atoms with Crippen molar-refractivity contribution < 1.29 is 24.2 Å². The number of hydrogen-bond acceptors (Lipinski definition) is 6. The molecule has 0 aromatic heterocycles. The summed E-state index contributed by atoms with van der Waals surface area (Å²) in [5, 5.41) is 12.4. The average molecular weight is 409 g/mol. The molecule has 28 heavy (non-hydrogen) atoms. The number of nitrogens with zero attached hydrogens (tertiary/aromatic N) is 1. The first-order valence-corrected chi connectivity index (χ1v) is 10.5. The van der Waals surface area contributed by atoms with Gasteiger partial charge in [-0.25, -0.2) is 0 Å². The monoisotopic (exact) mass is 408 g/mol. The van der Waals surface area contributed by atoms with Gasteiger partial charge in [-0.3, -0.25) is 24.6 Å². The Kier molecular flexibility index (Phi) is 8.32. The van der Waals surface area contributed by atoms with Gasteiger partial charge in [-0.05, 0) is 37.8 Å². The number of carbonyl (C=O) groups excluding carboxylic acids is 2. The highest BCUT2D eigenvalue weighted by molar-refractivity contribution is 7.99. The van der Waals surface area contributed by atoms with E-state index in [0.29, 0.717) is 23.8 Å². The van der Waals surface area contributed by atoms with Crippen LogP contribution in [-0.2, 0) is 19.1 Å². The number of fused-ring (bicyclic) bond motifs is 1. The van der Waals surface area contributed by atoms with Crippen LogP contribution in [0.4, 0.5) is 5.69 Å². The summed E-state index contributed by atoms with van der Waals surface area (Å²) in [5.41, 5.74) is 0.582. The van der Waals surface area contributed by atoms with Gasteiger partial charge >= 0.3 is 11.9 Å². The number of para-hydroxylation sites is 1. The van der Waals surface area contributed by atoms with E-state index in [4.69, 9.17) is 4.74 Å². The van der Waals surface area contributed by atoms with Crippen molar-refractivity contribution >= 4 is 35.3 Å². The molecule has 8 heteroatoms. The lowest BCUT2D eigenvalue weighted by atomic mass is 10.0. The molecule has 7 nitrogen and oxygen atoms in total. The Labute approximate surface area is 169 Å². The second kappa shape index (κ2) is 10.5. The fourth-order valence-electron chi connectivity index (χ4n) is 3.03. The van der Waals surface area contributed by atoms with Gasteiger partial charge in [0.2, 0.25) is 5.91 Å². The van der Waals surface area contributed by atoms with Gasteiger partial charge in [0.05, 0.1) is 18.3 Å². The smallest absolute Gasteiger partial charge is 0.323 e. The molecule has 2 rings (SSSR count). The standard InChI is InChI=1S/C20H28N2O5S/c1-4-27-20(26)14(10-9-13(2)3)21-15-12-28-17-8-6-5-7-16(17)22(19(15)25)11-18(23)24/h5-8,13-15,21H,4,9-12H2,1-3H3,(H,23,24)/t14-,15?/m1/s1. The predicted molar refractivity (Wildman–Crippen MR) is 109 cm³/mol. The second-order valence-electron chi connectivity index (χ2n) is 7.09. The van der Waals surface area contributed by atoms with E-state index in [1.165, 1.54) is 16.7 Å². The number of amides is 1.